The van der Waals surface area contributed by atoms with Crippen molar-refractivity contribution in [1.82, 2.24) is 0 Å². The fourth-order valence-corrected chi connectivity index (χ4v) is 1.29. The second-order valence-electron chi connectivity index (χ2n) is 2.76. The van der Waals surface area contributed by atoms with Gasteiger partial charge in [-0.3, -0.25) is 4.79 Å². The van der Waals surface area contributed by atoms with Gasteiger partial charge < -0.3 is 5.11 Å². The Hall–Kier alpha value is -0.810. The Kier molecular flexibility index (Phi) is 3.34. The first-order valence-electron chi connectivity index (χ1n) is 3.81. The van der Waals surface area contributed by atoms with Gasteiger partial charge in [0.15, 0.2) is 11.6 Å². The molecule has 0 saturated carbocycles. The number of ketones is 1. The van der Waals surface area contributed by atoms with Crippen molar-refractivity contribution in [3.05, 3.63) is 33.8 Å². The third-order valence-corrected chi connectivity index (χ3v) is 2.28. The number of carbonyl (C=O) groups excluding carboxylic acids is 1. The van der Waals surface area contributed by atoms with Crippen LogP contribution in [0.2, 0.25) is 0 Å². The first-order valence-corrected chi connectivity index (χ1v) is 4.60. The number of rotatable bonds is 2. The summed E-state index contributed by atoms with van der Waals surface area (Å²) in [5.41, 5.74) is -0.714. The summed E-state index contributed by atoms with van der Waals surface area (Å²) in [6.45, 7) is 1.15. The van der Waals surface area contributed by atoms with E-state index in [2.05, 4.69) is 15.9 Å². The first kappa shape index (κ1) is 11.3. The zero-order chi connectivity index (χ0) is 10.9. The second kappa shape index (κ2) is 4.14. The maximum Gasteiger partial charge on any atom is 0.196 e. The lowest BCUT2D eigenvalue weighted by molar-refractivity contribution is 0.0770. The number of hydrogen-bond donors (Lipinski definition) is 1. The van der Waals surface area contributed by atoms with E-state index < -0.39 is 29.1 Å². The molecule has 0 aliphatic carbocycles. The van der Waals surface area contributed by atoms with Crippen LogP contribution >= 0.6 is 15.9 Å². The van der Waals surface area contributed by atoms with Crippen molar-refractivity contribution in [3.8, 4) is 0 Å². The summed E-state index contributed by atoms with van der Waals surface area (Å²) in [6, 6.07) is 2.12. The van der Waals surface area contributed by atoms with E-state index in [-0.39, 0.29) is 4.47 Å². The Bertz CT molecular complexity index is 377. The van der Waals surface area contributed by atoms with Crippen molar-refractivity contribution >= 4 is 21.7 Å². The van der Waals surface area contributed by atoms with Gasteiger partial charge in [-0.1, -0.05) is 0 Å². The highest BCUT2D eigenvalue weighted by molar-refractivity contribution is 9.10. The molecule has 0 fully saturated rings. The molecule has 1 atom stereocenters. The van der Waals surface area contributed by atoms with E-state index in [0.29, 0.717) is 0 Å². The van der Waals surface area contributed by atoms with E-state index in [9.17, 15) is 13.6 Å². The van der Waals surface area contributed by atoms with E-state index in [1.165, 1.54) is 0 Å². The first-order chi connectivity index (χ1) is 6.45. The van der Waals surface area contributed by atoms with Gasteiger partial charge in [0.1, 0.15) is 11.9 Å². The van der Waals surface area contributed by atoms with Crippen LogP contribution < -0.4 is 0 Å². The number of carbonyl (C=O) groups is 1. The summed E-state index contributed by atoms with van der Waals surface area (Å²) < 4.78 is 26.3. The Labute approximate surface area is 87.7 Å². The van der Waals surface area contributed by atoms with Crippen LogP contribution in [0.1, 0.15) is 17.3 Å². The van der Waals surface area contributed by atoms with Crippen LogP contribution in [0.15, 0.2) is 16.6 Å². The molecule has 0 aliphatic rings. The third kappa shape index (κ3) is 1.99. The van der Waals surface area contributed by atoms with Crippen LogP contribution in [-0.4, -0.2) is 17.0 Å². The summed E-state index contributed by atoms with van der Waals surface area (Å²) in [6.07, 6.45) is -1.42. The van der Waals surface area contributed by atoms with Gasteiger partial charge in [-0.15, -0.1) is 0 Å². The van der Waals surface area contributed by atoms with Crippen LogP contribution in [0.4, 0.5) is 8.78 Å². The number of aliphatic hydroxyl groups is 1. The minimum absolute atomic E-state index is 0.0112. The van der Waals surface area contributed by atoms with Gasteiger partial charge in [-0.05, 0) is 35.0 Å². The van der Waals surface area contributed by atoms with Crippen molar-refractivity contribution in [2.24, 2.45) is 0 Å². The maximum absolute atomic E-state index is 13.3. The molecular weight excluding hydrogens is 258 g/mol. The van der Waals surface area contributed by atoms with Gasteiger partial charge in [0, 0.05) is 0 Å². The molecule has 0 bridgehead atoms. The van der Waals surface area contributed by atoms with E-state index in [0.717, 1.165) is 19.1 Å². The fraction of sp³-hybridized carbons (Fsp3) is 0.222. The fourth-order valence-electron chi connectivity index (χ4n) is 0.962. The van der Waals surface area contributed by atoms with Gasteiger partial charge in [-0.25, -0.2) is 8.78 Å². The summed E-state index contributed by atoms with van der Waals surface area (Å²) in [5, 5.41) is 8.92. The molecule has 5 heteroatoms. The molecule has 1 rings (SSSR count). The van der Waals surface area contributed by atoms with Crippen LogP contribution in [-0.2, 0) is 0 Å². The summed E-state index contributed by atoms with van der Waals surface area (Å²) in [4.78, 5) is 11.2. The smallest absolute Gasteiger partial charge is 0.196 e. The van der Waals surface area contributed by atoms with Crippen LogP contribution in [0.3, 0.4) is 0 Å². The molecule has 14 heavy (non-hydrogen) atoms. The molecule has 0 amide bonds. The van der Waals surface area contributed by atoms with E-state index in [4.69, 9.17) is 5.11 Å². The predicted molar refractivity (Wildman–Crippen MR) is 50.1 cm³/mol. The summed E-state index contributed by atoms with van der Waals surface area (Å²) >= 11 is 2.82. The Morgan fingerprint density at radius 2 is 2.07 bits per heavy atom. The molecule has 1 aromatic carbocycles. The minimum Gasteiger partial charge on any atom is -0.385 e. The van der Waals surface area contributed by atoms with E-state index in [1.807, 2.05) is 0 Å². The zero-order valence-corrected chi connectivity index (χ0v) is 8.81. The van der Waals surface area contributed by atoms with Crippen LogP contribution in [0, 0.1) is 11.6 Å². The molecule has 1 aromatic rings. The average Bonchev–Trinajstić information content (AvgIpc) is 2.12. The van der Waals surface area contributed by atoms with Crippen LogP contribution in [0.25, 0.3) is 0 Å². The topological polar surface area (TPSA) is 37.3 Å². The molecule has 0 aromatic heterocycles. The SMILES string of the molecule is CC(O)C(=O)c1c(F)ccc(Br)c1F. The number of aliphatic hydroxyl groups excluding tert-OH is 1. The number of halogens is 3. The molecule has 0 saturated heterocycles. The van der Waals surface area contributed by atoms with Crippen molar-refractivity contribution in [1.29, 1.82) is 0 Å². The van der Waals surface area contributed by atoms with Gasteiger partial charge in [0.2, 0.25) is 0 Å². The lowest BCUT2D eigenvalue weighted by Gasteiger charge is -2.06. The molecule has 2 nitrogen and oxygen atoms in total. The minimum atomic E-state index is -1.42. The van der Waals surface area contributed by atoms with Crippen molar-refractivity contribution in [2.45, 2.75) is 13.0 Å². The molecule has 0 heterocycles. The average molecular weight is 265 g/mol. The third-order valence-electron chi connectivity index (χ3n) is 1.67. The van der Waals surface area contributed by atoms with E-state index in [1.54, 1.807) is 0 Å². The number of Topliss-reactive ketones (excluding diaryl/α,β-unsaturated/α-hetero) is 1. The standard InChI is InChI=1S/C9H7BrF2O2/c1-4(13)9(14)7-6(11)3-2-5(10)8(7)12/h2-4,13H,1H3. The van der Waals surface area contributed by atoms with Crippen molar-refractivity contribution < 1.29 is 18.7 Å². The highest BCUT2D eigenvalue weighted by Gasteiger charge is 2.22. The highest BCUT2D eigenvalue weighted by atomic mass is 79.9. The number of hydrogen-bond acceptors (Lipinski definition) is 2. The van der Waals surface area contributed by atoms with Crippen molar-refractivity contribution in [3.63, 3.8) is 0 Å². The largest absolute Gasteiger partial charge is 0.385 e. The molecule has 1 unspecified atom stereocenters. The molecule has 76 valence electrons. The van der Waals surface area contributed by atoms with Crippen LogP contribution in [0.5, 0.6) is 0 Å². The Morgan fingerprint density at radius 1 is 1.50 bits per heavy atom. The molecular formula is C9H7BrF2O2. The van der Waals surface area contributed by atoms with Crippen molar-refractivity contribution in [2.75, 3.05) is 0 Å². The monoisotopic (exact) mass is 264 g/mol. The summed E-state index contributed by atoms with van der Waals surface area (Å²) in [7, 11) is 0. The lowest BCUT2D eigenvalue weighted by Crippen LogP contribution is -2.19. The van der Waals surface area contributed by atoms with E-state index >= 15 is 0 Å². The number of benzene rings is 1. The van der Waals surface area contributed by atoms with Gasteiger partial charge in [0.25, 0.3) is 0 Å². The quantitative estimate of drug-likeness (QED) is 0.658. The van der Waals surface area contributed by atoms with Gasteiger partial charge >= 0.3 is 0 Å². The highest BCUT2D eigenvalue weighted by Crippen LogP contribution is 2.22. The molecule has 0 spiro atoms. The predicted octanol–water partition coefficient (Wildman–Crippen LogP) is 2.29. The Morgan fingerprint density at radius 3 is 2.57 bits per heavy atom. The lowest BCUT2D eigenvalue weighted by atomic mass is 10.1. The normalized spacial score (nSPS) is 12.6. The van der Waals surface area contributed by atoms with Gasteiger partial charge in [-0.2, -0.15) is 0 Å². The molecule has 0 aliphatic heterocycles. The van der Waals surface area contributed by atoms with Gasteiger partial charge in [0.05, 0.1) is 10.0 Å². The summed E-state index contributed by atoms with van der Waals surface area (Å²) in [5.74, 6) is -2.94. The zero-order valence-electron chi connectivity index (χ0n) is 7.22. The molecule has 1 N–H and O–H groups in total. The maximum atomic E-state index is 13.3. The second-order valence-corrected chi connectivity index (χ2v) is 3.61. The Balaban J connectivity index is 3.33. The molecule has 0 radical (unpaired) electrons.